The summed E-state index contributed by atoms with van der Waals surface area (Å²) >= 11 is 8.70. The van der Waals surface area contributed by atoms with Crippen molar-refractivity contribution >= 4 is 70.9 Å². The number of nitrogens with zero attached hydrogens (tertiary/aromatic N) is 1. The molecule has 1 aromatic heterocycles. The molecule has 0 saturated heterocycles. The van der Waals surface area contributed by atoms with E-state index in [-0.39, 0.29) is 10.8 Å². The van der Waals surface area contributed by atoms with Gasteiger partial charge in [-0.2, -0.15) is 0 Å². The predicted molar refractivity (Wildman–Crippen MR) is 212 cm³/mol. The minimum atomic E-state index is -0.0930. The van der Waals surface area contributed by atoms with Crippen molar-refractivity contribution in [3.63, 3.8) is 0 Å². The van der Waals surface area contributed by atoms with Gasteiger partial charge in [-0.25, -0.2) is 0 Å². The normalized spacial score (nSPS) is 15.0. The minimum Gasteiger partial charge on any atom is -0.310 e. The summed E-state index contributed by atoms with van der Waals surface area (Å²) in [4.78, 5) is 2.46. The van der Waals surface area contributed by atoms with Gasteiger partial charge in [0.2, 0.25) is 0 Å². The van der Waals surface area contributed by atoms with Crippen LogP contribution >= 0.6 is 22.9 Å². The first kappa shape index (κ1) is 29.1. The molecule has 2 aliphatic rings. The second kappa shape index (κ2) is 10.1. The van der Waals surface area contributed by atoms with Crippen LogP contribution in [-0.2, 0) is 10.8 Å². The third-order valence-corrected chi connectivity index (χ3v) is 12.8. The van der Waals surface area contributed by atoms with E-state index >= 15 is 0 Å². The molecule has 0 saturated carbocycles. The first-order chi connectivity index (χ1) is 23.7. The first-order valence-corrected chi connectivity index (χ1v) is 18.2. The topological polar surface area (TPSA) is 3.24 Å². The largest absolute Gasteiger partial charge is 0.310 e. The Morgan fingerprint density at radius 2 is 1.00 bits per heavy atom. The molecule has 7 aromatic carbocycles. The van der Waals surface area contributed by atoms with Crippen LogP contribution in [0.15, 0.2) is 133 Å². The van der Waals surface area contributed by atoms with Gasteiger partial charge in [0.15, 0.2) is 0 Å². The summed E-state index contributed by atoms with van der Waals surface area (Å²) < 4.78 is 2.54. The Morgan fingerprint density at radius 1 is 0.449 bits per heavy atom. The van der Waals surface area contributed by atoms with Crippen LogP contribution in [-0.4, -0.2) is 0 Å². The van der Waals surface area contributed by atoms with E-state index in [9.17, 15) is 0 Å². The molecule has 0 bridgehead atoms. The fraction of sp³-hybridized carbons (Fsp3) is 0.130. The van der Waals surface area contributed by atoms with Gasteiger partial charge in [0, 0.05) is 63.9 Å². The molecule has 2 aliphatic carbocycles. The Kier molecular flexibility index (Phi) is 5.98. The molecule has 0 unspecified atom stereocenters. The highest BCUT2D eigenvalue weighted by molar-refractivity contribution is 7.26. The summed E-state index contributed by atoms with van der Waals surface area (Å²) in [7, 11) is 0. The monoisotopic (exact) mass is 667 g/mol. The molecule has 0 N–H and O–H groups in total. The number of rotatable bonds is 3. The Bertz CT molecular complexity index is 2690. The van der Waals surface area contributed by atoms with Crippen molar-refractivity contribution in [1.82, 2.24) is 0 Å². The lowest BCUT2D eigenvalue weighted by atomic mass is 9.82. The quantitative estimate of drug-likeness (QED) is 0.181. The van der Waals surface area contributed by atoms with E-state index < -0.39 is 0 Å². The Labute approximate surface area is 296 Å². The first-order valence-electron chi connectivity index (χ1n) is 17.0. The summed E-state index contributed by atoms with van der Waals surface area (Å²) in [6, 6.07) is 49.6. The van der Waals surface area contributed by atoms with Crippen molar-refractivity contribution in [3.05, 3.63) is 161 Å². The van der Waals surface area contributed by atoms with Gasteiger partial charge in [-0.15, -0.1) is 11.3 Å². The number of benzene rings is 7. The number of halogens is 1. The van der Waals surface area contributed by atoms with Crippen molar-refractivity contribution in [3.8, 4) is 22.3 Å². The average Bonchev–Trinajstić information content (AvgIpc) is 3.68. The summed E-state index contributed by atoms with van der Waals surface area (Å²) in [5.74, 6) is 0. The van der Waals surface area contributed by atoms with Crippen molar-refractivity contribution in [2.75, 3.05) is 4.90 Å². The summed E-state index contributed by atoms with van der Waals surface area (Å²) in [6.07, 6.45) is 0. The van der Waals surface area contributed by atoms with Gasteiger partial charge < -0.3 is 4.90 Å². The molecular weight excluding hydrogens is 634 g/mol. The highest BCUT2D eigenvalue weighted by Gasteiger charge is 2.37. The average molecular weight is 668 g/mol. The molecule has 0 radical (unpaired) electrons. The molecule has 236 valence electrons. The molecule has 10 rings (SSSR count). The molecule has 8 aromatic rings. The zero-order chi connectivity index (χ0) is 33.2. The van der Waals surface area contributed by atoms with E-state index in [1.165, 1.54) is 75.8 Å². The highest BCUT2D eigenvalue weighted by atomic mass is 35.5. The zero-order valence-electron chi connectivity index (χ0n) is 27.9. The summed E-state index contributed by atoms with van der Waals surface area (Å²) in [5.41, 5.74) is 14.2. The van der Waals surface area contributed by atoms with E-state index in [2.05, 4.69) is 166 Å². The van der Waals surface area contributed by atoms with Gasteiger partial charge >= 0.3 is 0 Å². The van der Waals surface area contributed by atoms with Crippen LogP contribution in [0.4, 0.5) is 17.1 Å². The van der Waals surface area contributed by atoms with Gasteiger partial charge in [-0.1, -0.05) is 130 Å². The van der Waals surface area contributed by atoms with Crippen molar-refractivity contribution in [2.24, 2.45) is 0 Å². The maximum Gasteiger partial charge on any atom is 0.0491 e. The van der Waals surface area contributed by atoms with Crippen LogP contribution in [0.5, 0.6) is 0 Å². The molecule has 0 spiro atoms. The number of anilines is 3. The van der Waals surface area contributed by atoms with Crippen LogP contribution in [0.1, 0.15) is 49.9 Å². The van der Waals surface area contributed by atoms with Gasteiger partial charge in [0.25, 0.3) is 0 Å². The fourth-order valence-corrected chi connectivity index (χ4v) is 10.3. The van der Waals surface area contributed by atoms with E-state index in [0.717, 1.165) is 21.8 Å². The Balaban J connectivity index is 1.21. The lowest BCUT2D eigenvalue weighted by Gasteiger charge is -2.29. The molecule has 0 atom stereocenters. The Morgan fingerprint density at radius 3 is 1.78 bits per heavy atom. The molecule has 49 heavy (non-hydrogen) atoms. The van der Waals surface area contributed by atoms with Crippen molar-refractivity contribution < 1.29 is 0 Å². The second-order valence-electron chi connectivity index (χ2n) is 14.7. The maximum absolute atomic E-state index is 6.84. The molecule has 0 fully saturated rings. The van der Waals surface area contributed by atoms with Crippen LogP contribution in [0.3, 0.4) is 0 Å². The van der Waals surface area contributed by atoms with E-state index in [1.54, 1.807) is 0 Å². The third-order valence-electron chi connectivity index (χ3n) is 11.3. The number of fused-ring (bicyclic) bond motifs is 11. The van der Waals surface area contributed by atoms with E-state index in [4.69, 9.17) is 11.6 Å². The van der Waals surface area contributed by atoms with Crippen LogP contribution < -0.4 is 4.90 Å². The fourth-order valence-electron chi connectivity index (χ4n) is 8.81. The van der Waals surface area contributed by atoms with E-state index in [1.807, 2.05) is 11.3 Å². The predicted octanol–water partition coefficient (Wildman–Crippen LogP) is 13.9. The third kappa shape index (κ3) is 3.99. The van der Waals surface area contributed by atoms with Crippen LogP contribution in [0.2, 0.25) is 5.02 Å². The second-order valence-corrected chi connectivity index (χ2v) is 16.2. The van der Waals surface area contributed by atoms with Gasteiger partial charge in [0.05, 0.1) is 0 Å². The lowest BCUT2D eigenvalue weighted by molar-refractivity contribution is 0.660. The van der Waals surface area contributed by atoms with Gasteiger partial charge in [-0.05, 0) is 87.0 Å². The van der Waals surface area contributed by atoms with E-state index in [0.29, 0.717) is 0 Å². The standard InChI is InChI=1S/C46H34ClNS/c1-45(2)39-16-10-8-12-31(39)36-23-27(19-22-40(36)45)48(28-17-20-32-30-11-7-9-15-38(30)46(3,4)41(32)24-28)29-18-21-34-37-26-42(47)33-13-5-6-14-35(33)44(37)49-43(34)25-29/h5-26H,1-4H3. The molecule has 0 aliphatic heterocycles. The summed E-state index contributed by atoms with van der Waals surface area (Å²) in [5, 5.41) is 5.58. The molecular formula is C46H34ClNS. The smallest absolute Gasteiger partial charge is 0.0491 e. The number of thiophene rings is 1. The Hall–Kier alpha value is -4.89. The minimum absolute atomic E-state index is 0.0430. The highest BCUT2D eigenvalue weighted by Crippen LogP contribution is 2.53. The van der Waals surface area contributed by atoms with Crippen LogP contribution in [0, 0.1) is 0 Å². The molecule has 1 heterocycles. The SMILES string of the molecule is CC1(C)c2ccccc2-c2cc(N(c3ccc4c(c3)C(C)(C)c3ccccc3-4)c3ccc4c(c3)sc3c5ccccc5c(Cl)cc43)ccc21. The van der Waals surface area contributed by atoms with Crippen molar-refractivity contribution in [2.45, 2.75) is 38.5 Å². The van der Waals surface area contributed by atoms with Gasteiger partial charge in [0.1, 0.15) is 0 Å². The van der Waals surface area contributed by atoms with Crippen LogP contribution in [0.25, 0.3) is 53.2 Å². The molecule has 0 amide bonds. The van der Waals surface area contributed by atoms with Gasteiger partial charge in [-0.3, -0.25) is 0 Å². The molecule has 1 nitrogen and oxygen atoms in total. The lowest BCUT2D eigenvalue weighted by Crippen LogP contribution is -2.17. The van der Waals surface area contributed by atoms with Crippen molar-refractivity contribution in [1.29, 1.82) is 0 Å². The summed E-state index contributed by atoms with van der Waals surface area (Å²) in [6.45, 7) is 9.42. The number of hydrogen-bond donors (Lipinski definition) is 0. The maximum atomic E-state index is 6.84. The molecule has 3 heteroatoms. The number of hydrogen-bond acceptors (Lipinski definition) is 2. The zero-order valence-corrected chi connectivity index (χ0v) is 29.5.